The van der Waals surface area contributed by atoms with Crippen LogP contribution in [0.5, 0.6) is 0 Å². The topological polar surface area (TPSA) is 42.0 Å². The molecule has 3 aromatic carbocycles. The molecule has 0 aliphatic carbocycles. The largest absolute Gasteiger partial charge is 0.324 e. The van der Waals surface area contributed by atoms with Crippen LogP contribution in [-0.2, 0) is 11.2 Å². The second-order valence-corrected chi connectivity index (χ2v) is 14.4. The summed E-state index contributed by atoms with van der Waals surface area (Å²) in [6.07, 6.45) is 3.18. The van der Waals surface area contributed by atoms with E-state index in [9.17, 15) is 4.79 Å². The van der Waals surface area contributed by atoms with Gasteiger partial charge in [0.25, 0.3) is 0 Å². The smallest absolute Gasteiger partial charge is 0.224 e. The Morgan fingerprint density at radius 1 is 0.939 bits per heavy atom. The van der Waals surface area contributed by atoms with Crippen LogP contribution in [0.2, 0.25) is 19.1 Å². The van der Waals surface area contributed by atoms with Crippen molar-refractivity contribution < 1.29 is 4.79 Å². The summed E-state index contributed by atoms with van der Waals surface area (Å²) in [5.41, 5.74) is 4.18. The van der Waals surface area contributed by atoms with E-state index in [1.807, 2.05) is 30.3 Å². The third-order valence-electron chi connectivity index (χ3n) is 6.34. The molecule has 0 saturated heterocycles. The van der Waals surface area contributed by atoms with Crippen LogP contribution in [0.25, 0.3) is 10.9 Å². The highest BCUT2D eigenvalue weighted by Gasteiger charge is 2.29. The SMILES string of the molecule is Cc1cccc(CC(CC(=O)Nc2cccc3cccnc23)C[Si](C)(C)c2ccccc2)c1. The van der Waals surface area contributed by atoms with Crippen LogP contribution in [0.1, 0.15) is 17.5 Å². The van der Waals surface area contributed by atoms with Crippen LogP contribution in [0, 0.1) is 12.8 Å². The van der Waals surface area contributed by atoms with Gasteiger partial charge < -0.3 is 5.32 Å². The Balaban J connectivity index is 1.55. The molecule has 0 fully saturated rings. The predicted octanol–water partition coefficient (Wildman–Crippen LogP) is 6.35. The molecule has 0 spiro atoms. The fourth-order valence-corrected chi connectivity index (χ4v) is 7.85. The Bertz CT molecular complexity index is 1230. The van der Waals surface area contributed by atoms with Gasteiger partial charge in [-0.1, -0.05) is 96.6 Å². The molecule has 1 atom stereocenters. The number of anilines is 1. The number of aryl methyl sites for hydroxylation is 1. The maximum absolute atomic E-state index is 13.2. The normalized spacial score (nSPS) is 12.5. The van der Waals surface area contributed by atoms with Gasteiger partial charge in [-0.15, -0.1) is 0 Å². The Morgan fingerprint density at radius 3 is 2.48 bits per heavy atom. The zero-order valence-corrected chi connectivity index (χ0v) is 20.7. The number of carbonyl (C=O) groups excluding carboxylic acids is 1. The van der Waals surface area contributed by atoms with Crippen LogP contribution in [0.4, 0.5) is 5.69 Å². The Labute approximate surface area is 197 Å². The summed E-state index contributed by atoms with van der Waals surface area (Å²) in [6, 6.07) is 30.4. The summed E-state index contributed by atoms with van der Waals surface area (Å²) in [5, 5.41) is 5.63. The van der Waals surface area contributed by atoms with Crippen molar-refractivity contribution in [3.8, 4) is 0 Å². The zero-order valence-electron chi connectivity index (χ0n) is 19.7. The van der Waals surface area contributed by atoms with Crippen molar-refractivity contribution in [2.24, 2.45) is 5.92 Å². The molecule has 0 radical (unpaired) electrons. The molecule has 168 valence electrons. The summed E-state index contributed by atoms with van der Waals surface area (Å²) in [6.45, 7) is 6.96. The third kappa shape index (κ3) is 5.96. The zero-order chi connectivity index (χ0) is 23.3. The molecule has 1 amide bonds. The van der Waals surface area contributed by atoms with Crippen molar-refractivity contribution in [3.63, 3.8) is 0 Å². The number of nitrogens with one attached hydrogen (secondary N) is 1. The summed E-state index contributed by atoms with van der Waals surface area (Å²) in [5.74, 6) is 0.334. The molecule has 1 heterocycles. The summed E-state index contributed by atoms with van der Waals surface area (Å²) < 4.78 is 0. The predicted molar refractivity (Wildman–Crippen MR) is 142 cm³/mol. The number of rotatable bonds is 8. The summed E-state index contributed by atoms with van der Waals surface area (Å²) in [7, 11) is -1.70. The van der Waals surface area contributed by atoms with E-state index in [2.05, 4.69) is 84.9 Å². The summed E-state index contributed by atoms with van der Waals surface area (Å²) >= 11 is 0. The lowest BCUT2D eigenvalue weighted by Gasteiger charge is -2.29. The van der Waals surface area contributed by atoms with Gasteiger partial charge in [-0.25, -0.2) is 0 Å². The molecule has 1 N–H and O–H groups in total. The van der Waals surface area contributed by atoms with E-state index in [1.54, 1.807) is 6.20 Å². The Kier molecular flexibility index (Phi) is 7.04. The van der Waals surface area contributed by atoms with Crippen molar-refractivity contribution in [1.82, 2.24) is 4.98 Å². The third-order valence-corrected chi connectivity index (χ3v) is 9.84. The molecule has 0 saturated carbocycles. The second kappa shape index (κ2) is 10.1. The molecule has 4 aromatic rings. The molecule has 3 nitrogen and oxygen atoms in total. The molecule has 0 aliphatic heterocycles. The highest BCUT2D eigenvalue weighted by molar-refractivity contribution is 6.89. The molecule has 0 bridgehead atoms. The number of amides is 1. The first kappa shape index (κ1) is 22.9. The molecule has 1 aromatic heterocycles. The number of nitrogens with zero attached hydrogens (tertiary/aromatic N) is 1. The van der Waals surface area contributed by atoms with Gasteiger partial charge in [0.05, 0.1) is 19.3 Å². The number of para-hydroxylation sites is 1. The lowest BCUT2D eigenvalue weighted by atomic mass is 9.96. The lowest BCUT2D eigenvalue weighted by Crippen LogP contribution is -2.43. The fourth-order valence-electron chi connectivity index (χ4n) is 4.79. The van der Waals surface area contributed by atoms with Crippen molar-refractivity contribution in [2.75, 3.05) is 5.32 Å². The van der Waals surface area contributed by atoms with Gasteiger partial charge in [0.15, 0.2) is 0 Å². The minimum absolute atomic E-state index is 0.0590. The van der Waals surface area contributed by atoms with Gasteiger partial charge in [0.1, 0.15) is 0 Å². The number of aromatic nitrogens is 1. The quantitative estimate of drug-likeness (QED) is 0.317. The van der Waals surface area contributed by atoms with Gasteiger partial charge in [-0.2, -0.15) is 0 Å². The monoisotopic (exact) mass is 452 g/mol. The highest BCUT2D eigenvalue weighted by Crippen LogP contribution is 2.26. The van der Waals surface area contributed by atoms with E-state index in [0.717, 1.165) is 29.1 Å². The number of pyridine rings is 1. The number of hydrogen-bond donors (Lipinski definition) is 1. The maximum Gasteiger partial charge on any atom is 0.224 e. The first-order chi connectivity index (χ1) is 15.9. The van der Waals surface area contributed by atoms with Crippen LogP contribution < -0.4 is 10.5 Å². The first-order valence-electron chi connectivity index (χ1n) is 11.7. The molecule has 4 heteroatoms. The number of hydrogen-bond acceptors (Lipinski definition) is 2. The van der Waals surface area contributed by atoms with E-state index < -0.39 is 8.07 Å². The Morgan fingerprint density at radius 2 is 1.70 bits per heavy atom. The average molecular weight is 453 g/mol. The molecule has 1 unspecified atom stereocenters. The Hall–Kier alpha value is -3.24. The van der Waals surface area contributed by atoms with Crippen LogP contribution in [-0.4, -0.2) is 19.0 Å². The van der Waals surface area contributed by atoms with Crippen molar-refractivity contribution in [2.45, 2.75) is 38.9 Å². The average Bonchev–Trinajstić information content (AvgIpc) is 2.79. The number of fused-ring (bicyclic) bond motifs is 1. The molecular weight excluding hydrogens is 420 g/mol. The highest BCUT2D eigenvalue weighted by atomic mass is 28.3. The standard InChI is InChI=1S/C29H32N2OSi/c1-22-10-7-11-23(18-22)19-24(21-33(2,3)26-14-5-4-6-15-26)20-28(32)31-27-16-8-12-25-13-9-17-30-29(25)27/h4-18,24H,19-21H2,1-3H3,(H,31,32). The van der Waals surface area contributed by atoms with Crippen LogP contribution >= 0.6 is 0 Å². The van der Waals surface area contributed by atoms with Crippen molar-refractivity contribution >= 4 is 35.8 Å². The van der Waals surface area contributed by atoms with E-state index >= 15 is 0 Å². The fraction of sp³-hybridized carbons (Fsp3) is 0.241. The van der Waals surface area contributed by atoms with Gasteiger partial charge in [0, 0.05) is 18.0 Å². The van der Waals surface area contributed by atoms with Crippen LogP contribution in [0.15, 0.2) is 91.1 Å². The lowest BCUT2D eigenvalue weighted by molar-refractivity contribution is -0.116. The van der Waals surface area contributed by atoms with Gasteiger partial charge in [0.2, 0.25) is 5.91 Å². The van der Waals surface area contributed by atoms with Crippen molar-refractivity contribution in [1.29, 1.82) is 0 Å². The molecular formula is C29H32N2OSi. The number of carbonyl (C=O) groups is 1. The minimum atomic E-state index is -1.70. The van der Waals surface area contributed by atoms with Gasteiger partial charge in [-0.05, 0) is 43.0 Å². The van der Waals surface area contributed by atoms with E-state index in [-0.39, 0.29) is 11.8 Å². The second-order valence-electron chi connectivity index (χ2n) is 9.65. The first-order valence-corrected chi connectivity index (χ1v) is 14.9. The molecule has 4 rings (SSSR count). The van der Waals surface area contributed by atoms with Crippen LogP contribution in [0.3, 0.4) is 0 Å². The molecule has 33 heavy (non-hydrogen) atoms. The molecule has 0 aliphatic rings. The van der Waals surface area contributed by atoms with Crippen molar-refractivity contribution in [3.05, 3.63) is 102 Å². The summed E-state index contributed by atoms with van der Waals surface area (Å²) in [4.78, 5) is 17.7. The maximum atomic E-state index is 13.2. The van der Waals surface area contributed by atoms with E-state index in [1.165, 1.54) is 16.3 Å². The van der Waals surface area contributed by atoms with E-state index in [4.69, 9.17) is 0 Å². The van der Waals surface area contributed by atoms with Gasteiger partial charge in [-0.3, -0.25) is 9.78 Å². The van der Waals surface area contributed by atoms with E-state index in [0.29, 0.717) is 6.42 Å². The minimum Gasteiger partial charge on any atom is -0.324 e. The number of benzene rings is 3. The van der Waals surface area contributed by atoms with Gasteiger partial charge >= 0.3 is 0 Å².